The summed E-state index contributed by atoms with van der Waals surface area (Å²) in [5.74, 6) is 0.909. The number of para-hydroxylation sites is 1. The van der Waals surface area contributed by atoms with Crippen LogP contribution in [0.1, 0.15) is 25.0 Å². The lowest BCUT2D eigenvalue weighted by Crippen LogP contribution is -2.15. The van der Waals surface area contributed by atoms with E-state index in [1.807, 2.05) is 12.1 Å². The fourth-order valence-corrected chi connectivity index (χ4v) is 5.77. The first-order valence-corrected chi connectivity index (χ1v) is 11.5. The van der Waals surface area contributed by atoms with Gasteiger partial charge >= 0.3 is 0 Å². The fraction of sp³-hybridized carbons (Fsp3) is 0.0968. The van der Waals surface area contributed by atoms with Crippen molar-refractivity contribution in [2.45, 2.75) is 19.3 Å². The van der Waals surface area contributed by atoms with E-state index < -0.39 is 0 Å². The number of aromatic nitrogens is 1. The second-order valence-electron chi connectivity index (χ2n) is 9.44. The van der Waals surface area contributed by atoms with Gasteiger partial charge in [0.1, 0.15) is 5.76 Å². The molecular formula is C31H23NO. The second kappa shape index (κ2) is 6.49. The van der Waals surface area contributed by atoms with E-state index in [9.17, 15) is 0 Å². The predicted octanol–water partition coefficient (Wildman–Crippen LogP) is 8.35. The SMILES string of the molecule is CC1(C)c2cc(-c3ccco3)ccc2-c2c1c1c3ccccc3ccc1n2-c1ccccc1. The zero-order valence-corrected chi connectivity index (χ0v) is 18.7. The van der Waals surface area contributed by atoms with Gasteiger partial charge in [0.25, 0.3) is 0 Å². The van der Waals surface area contributed by atoms with Gasteiger partial charge < -0.3 is 8.98 Å². The minimum atomic E-state index is -0.143. The van der Waals surface area contributed by atoms with E-state index in [1.54, 1.807) is 6.26 Å². The van der Waals surface area contributed by atoms with E-state index >= 15 is 0 Å². The molecule has 2 heterocycles. The molecule has 0 radical (unpaired) electrons. The molecule has 0 atom stereocenters. The molecule has 0 unspecified atom stereocenters. The highest BCUT2D eigenvalue weighted by atomic mass is 16.3. The predicted molar refractivity (Wildman–Crippen MR) is 136 cm³/mol. The van der Waals surface area contributed by atoms with Gasteiger partial charge in [-0.1, -0.05) is 74.5 Å². The van der Waals surface area contributed by atoms with Crippen molar-refractivity contribution in [2.75, 3.05) is 0 Å². The number of benzene rings is 4. The van der Waals surface area contributed by atoms with Gasteiger partial charge in [-0.05, 0) is 58.3 Å². The van der Waals surface area contributed by atoms with Crippen LogP contribution in [-0.2, 0) is 5.41 Å². The quantitative estimate of drug-likeness (QED) is 0.273. The van der Waals surface area contributed by atoms with Gasteiger partial charge in [0.2, 0.25) is 0 Å². The van der Waals surface area contributed by atoms with Crippen LogP contribution >= 0.6 is 0 Å². The first-order chi connectivity index (χ1) is 16.1. The van der Waals surface area contributed by atoms with Crippen molar-refractivity contribution in [3.8, 4) is 28.3 Å². The van der Waals surface area contributed by atoms with Crippen molar-refractivity contribution < 1.29 is 4.42 Å². The highest BCUT2D eigenvalue weighted by Gasteiger charge is 2.41. The van der Waals surface area contributed by atoms with Crippen molar-refractivity contribution in [3.63, 3.8) is 0 Å². The molecule has 0 aliphatic heterocycles. The summed E-state index contributed by atoms with van der Waals surface area (Å²) in [6.45, 7) is 4.72. The highest BCUT2D eigenvalue weighted by Crippen LogP contribution is 2.55. The number of furan rings is 1. The minimum absolute atomic E-state index is 0.143. The number of rotatable bonds is 2. The van der Waals surface area contributed by atoms with E-state index in [1.165, 1.54) is 49.7 Å². The van der Waals surface area contributed by atoms with Gasteiger partial charge in [-0.15, -0.1) is 0 Å². The van der Waals surface area contributed by atoms with E-state index in [-0.39, 0.29) is 5.41 Å². The molecule has 4 aromatic carbocycles. The average molecular weight is 426 g/mol. The summed E-state index contributed by atoms with van der Waals surface area (Å²) in [7, 11) is 0. The van der Waals surface area contributed by atoms with E-state index in [2.05, 4.69) is 103 Å². The second-order valence-corrected chi connectivity index (χ2v) is 9.44. The maximum absolute atomic E-state index is 5.72. The maximum atomic E-state index is 5.72. The summed E-state index contributed by atoms with van der Waals surface area (Å²) < 4.78 is 8.18. The number of nitrogens with zero attached hydrogens (tertiary/aromatic N) is 1. The summed E-state index contributed by atoms with van der Waals surface area (Å²) in [6, 6.07) is 34.8. The first-order valence-electron chi connectivity index (χ1n) is 11.5. The molecule has 0 spiro atoms. The molecular weight excluding hydrogens is 402 g/mol. The third-order valence-corrected chi connectivity index (χ3v) is 7.25. The molecule has 6 aromatic rings. The standard InChI is InChI=1S/C31H23NO/c1-31(2)25-19-21(27-13-8-18-33-27)14-16-24(25)30-29(31)28-23-12-7-6-9-20(23)15-17-26(28)32(30)22-10-4-3-5-11-22/h3-19H,1-2H3. The third-order valence-electron chi connectivity index (χ3n) is 7.25. The molecule has 158 valence electrons. The van der Waals surface area contributed by atoms with Crippen molar-refractivity contribution in [1.29, 1.82) is 0 Å². The Labute approximate surface area is 192 Å². The molecule has 0 saturated heterocycles. The van der Waals surface area contributed by atoms with Gasteiger partial charge in [-0.25, -0.2) is 0 Å². The van der Waals surface area contributed by atoms with Gasteiger partial charge in [-0.3, -0.25) is 0 Å². The smallest absolute Gasteiger partial charge is 0.133 e. The lowest BCUT2D eigenvalue weighted by molar-refractivity contribution is 0.582. The normalized spacial score (nSPS) is 14.0. The zero-order valence-electron chi connectivity index (χ0n) is 18.7. The molecule has 0 bridgehead atoms. The third kappa shape index (κ3) is 2.44. The minimum Gasteiger partial charge on any atom is -0.464 e. The van der Waals surface area contributed by atoms with E-state index in [4.69, 9.17) is 4.42 Å². The molecule has 0 fully saturated rings. The summed E-state index contributed by atoms with van der Waals surface area (Å²) in [4.78, 5) is 0. The Kier molecular flexibility index (Phi) is 3.64. The number of hydrogen-bond donors (Lipinski definition) is 0. The van der Waals surface area contributed by atoms with E-state index in [0.717, 1.165) is 11.3 Å². The number of hydrogen-bond acceptors (Lipinski definition) is 1. The maximum Gasteiger partial charge on any atom is 0.133 e. The van der Waals surface area contributed by atoms with Crippen LogP contribution in [0.4, 0.5) is 0 Å². The Morgan fingerprint density at radius 2 is 1.58 bits per heavy atom. The lowest BCUT2D eigenvalue weighted by atomic mass is 9.80. The Bertz CT molecular complexity index is 1670. The van der Waals surface area contributed by atoms with Crippen LogP contribution in [0.3, 0.4) is 0 Å². The monoisotopic (exact) mass is 425 g/mol. The molecule has 0 amide bonds. The van der Waals surface area contributed by atoms with Crippen molar-refractivity contribution in [1.82, 2.24) is 4.57 Å². The summed E-state index contributed by atoms with van der Waals surface area (Å²) in [5, 5.41) is 3.95. The Hall–Kier alpha value is -4.04. The van der Waals surface area contributed by atoms with Gasteiger partial charge in [0, 0.05) is 27.6 Å². The van der Waals surface area contributed by atoms with E-state index in [0.29, 0.717) is 0 Å². The summed E-state index contributed by atoms with van der Waals surface area (Å²) in [5.41, 5.74) is 8.79. The molecule has 7 rings (SSSR count). The summed E-state index contributed by atoms with van der Waals surface area (Å²) >= 11 is 0. The zero-order chi connectivity index (χ0) is 22.2. The molecule has 2 nitrogen and oxygen atoms in total. The molecule has 33 heavy (non-hydrogen) atoms. The molecule has 2 heteroatoms. The highest BCUT2D eigenvalue weighted by molar-refractivity contribution is 6.13. The number of fused-ring (bicyclic) bond motifs is 7. The largest absolute Gasteiger partial charge is 0.464 e. The van der Waals surface area contributed by atoms with Gasteiger partial charge in [0.15, 0.2) is 0 Å². The topological polar surface area (TPSA) is 18.1 Å². The summed E-state index contributed by atoms with van der Waals surface area (Å²) in [6.07, 6.45) is 1.74. The first kappa shape index (κ1) is 18.5. The van der Waals surface area contributed by atoms with Gasteiger partial charge in [0.05, 0.1) is 17.5 Å². The molecule has 2 aromatic heterocycles. The van der Waals surface area contributed by atoms with Crippen molar-refractivity contribution in [2.24, 2.45) is 0 Å². The van der Waals surface area contributed by atoms with Crippen LogP contribution < -0.4 is 0 Å². The molecule has 0 saturated carbocycles. The molecule has 1 aliphatic carbocycles. The van der Waals surface area contributed by atoms with Crippen LogP contribution in [0.2, 0.25) is 0 Å². The fourth-order valence-electron chi connectivity index (χ4n) is 5.77. The Balaban J connectivity index is 1.64. The Morgan fingerprint density at radius 1 is 0.758 bits per heavy atom. The van der Waals surface area contributed by atoms with Crippen LogP contribution in [0.25, 0.3) is 49.9 Å². The molecule has 1 aliphatic rings. The van der Waals surface area contributed by atoms with Gasteiger partial charge in [-0.2, -0.15) is 0 Å². The lowest BCUT2D eigenvalue weighted by Gasteiger charge is -2.22. The van der Waals surface area contributed by atoms with Crippen molar-refractivity contribution >= 4 is 21.7 Å². The van der Waals surface area contributed by atoms with Crippen LogP contribution in [0.15, 0.2) is 108 Å². The van der Waals surface area contributed by atoms with Crippen LogP contribution in [0.5, 0.6) is 0 Å². The van der Waals surface area contributed by atoms with Crippen LogP contribution in [0, 0.1) is 0 Å². The van der Waals surface area contributed by atoms with Crippen LogP contribution in [-0.4, -0.2) is 4.57 Å². The molecule has 0 N–H and O–H groups in total. The average Bonchev–Trinajstić information content (AvgIpc) is 3.55. The van der Waals surface area contributed by atoms with Crippen molar-refractivity contribution in [3.05, 3.63) is 114 Å². The Morgan fingerprint density at radius 3 is 2.39 bits per heavy atom.